The standard InChI is InChI=1S/C24H33N3O5/c1-17-20(16-25-27(17)12-14-32-23-8-4-5-13-31-23)24(28)26-11-6-7-21(26)19-10-9-18(29-2)15-22(19)30-3/h9-10,15-16,21,23H,4-8,11-14H2,1-3H3/t21-,23-/m0/s1. The summed E-state index contributed by atoms with van der Waals surface area (Å²) in [5.41, 5.74) is 2.50. The minimum atomic E-state index is -0.120. The predicted octanol–water partition coefficient (Wildman–Crippen LogP) is 3.73. The van der Waals surface area contributed by atoms with E-state index < -0.39 is 0 Å². The van der Waals surface area contributed by atoms with E-state index in [9.17, 15) is 4.79 Å². The Morgan fingerprint density at radius 2 is 2.06 bits per heavy atom. The van der Waals surface area contributed by atoms with Crippen molar-refractivity contribution in [1.82, 2.24) is 14.7 Å². The van der Waals surface area contributed by atoms with Gasteiger partial charge in [0.25, 0.3) is 5.91 Å². The highest BCUT2D eigenvalue weighted by Crippen LogP contribution is 2.39. The number of nitrogens with zero attached hydrogens (tertiary/aromatic N) is 3. The molecule has 0 aliphatic carbocycles. The minimum Gasteiger partial charge on any atom is -0.497 e. The summed E-state index contributed by atoms with van der Waals surface area (Å²) in [7, 11) is 3.28. The molecular weight excluding hydrogens is 410 g/mol. The highest BCUT2D eigenvalue weighted by molar-refractivity contribution is 5.95. The number of carbonyl (C=O) groups excluding carboxylic acids is 1. The Morgan fingerprint density at radius 3 is 2.81 bits per heavy atom. The van der Waals surface area contributed by atoms with Gasteiger partial charge in [-0.3, -0.25) is 9.48 Å². The third-order valence-corrected chi connectivity index (χ3v) is 6.39. The molecule has 2 fully saturated rings. The maximum absolute atomic E-state index is 13.5. The Kier molecular flexibility index (Phi) is 7.32. The molecule has 1 aromatic heterocycles. The van der Waals surface area contributed by atoms with Gasteiger partial charge in [0.05, 0.1) is 45.2 Å². The Morgan fingerprint density at radius 1 is 1.19 bits per heavy atom. The van der Waals surface area contributed by atoms with Crippen LogP contribution in [-0.2, 0) is 16.0 Å². The second-order valence-electron chi connectivity index (χ2n) is 8.30. The van der Waals surface area contributed by atoms with Crippen LogP contribution in [0.2, 0.25) is 0 Å². The highest BCUT2D eigenvalue weighted by atomic mass is 16.7. The minimum absolute atomic E-state index is 0.00523. The molecule has 0 unspecified atom stereocenters. The lowest BCUT2D eigenvalue weighted by atomic mass is 10.0. The van der Waals surface area contributed by atoms with Crippen LogP contribution in [0.3, 0.4) is 0 Å². The number of methoxy groups -OCH3 is 2. The molecule has 2 aliphatic heterocycles. The Hall–Kier alpha value is -2.58. The van der Waals surface area contributed by atoms with E-state index >= 15 is 0 Å². The quantitative estimate of drug-likeness (QED) is 0.619. The van der Waals surface area contributed by atoms with Gasteiger partial charge in [0.2, 0.25) is 0 Å². The predicted molar refractivity (Wildman–Crippen MR) is 119 cm³/mol. The molecule has 4 rings (SSSR count). The Balaban J connectivity index is 1.44. The monoisotopic (exact) mass is 443 g/mol. The van der Waals surface area contributed by atoms with Crippen LogP contribution in [0.15, 0.2) is 24.4 Å². The van der Waals surface area contributed by atoms with Gasteiger partial charge in [-0.05, 0) is 51.2 Å². The van der Waals surface area contributed by atoms with E-state index in [0.29, 0.717) is 25.3 Å². The zero-order valence-corrected chi connectivity index (χ0v) is 19.2. The molecule has 1 aromatic carbocycles. The zero-order chi connectivity index (χ0) is 22.5. The van der Waals surface area contributed by atoms with Gasteiger partial charge in [-0.25, -0.2) is 0 Å². The van der Waals surface area contributed by atoms with E-state index in [0.717, 1.165) is 61.5 Å². The van der Waals surface area contributed by atoms with Gasteiger partial charge in [-0.1, -0.05) is 0 Å². The lowest BCUT2D eigenvalue weighted by Gasteiger charge is -2.26. The third-order valence-electron chi connectivity index (χ3n) is 6.39. The number of amides is 1. The summed E-state index contributed by atoms with van der Waals surface area (Å²) >= 11 is 0. The summed E-state index contributed by atoms with van der Waals surface area (Å²) in [6, 6.07) is 5.75. The first-order chi connectivity index (χ1) is 15.6. The van der Waals surface area contributed by atoms with Crippen molar-refractivity contribution >= 4 is 5.91 Å². The van der Waals surface area contributed by atoms with Crippen molar-refractivity contribution in [2.45, 2.75) is 57.9 Å². The lowest BCUT2D eigenvalue weighted by Crippen LogP contribution is -2.31. The van der Waals surface area contributed by atoms with Gasteiger partial charge in [0, 0.05) is 30.5 Å². The summed E-state index contributed by atoms with van der Waals surface area (Å²) in [6.07, 6.45) is 6.59. The zero-order valence-electron chi connectivity index (χ0n) is 19.2. The van der Waals surface area contributed by atoms with Crippen LogP contribution in [-0.4, -0.2) is 60.9 Å². The molecule has 0 saturated carbocycles. The molecule has 0 N–H and O–H groups in total. The molecule has 3 heterocycles. The second kappa shape index (κ2) is 10.4. The third kappa shape index (κ3) is 4.76. The molecule has 2 saturated heterocycles. The number of carbonyl (C=O) groups is 1. The van der Waals surface area contributed by atoms with Crippen LogP contribution in [0, 0.1) is 6.92 Å². The molecule has 0 bridgehead atoms. The molecule has 2 aromatic rings. The van der Waals surface area contributed by atoms with Crippen molar-refractivity contribution in [2.24, 2.45) is 0 Å². The highest BCUT2D eigenvalue weighted by Gasteiger charge is 2.34. The smallest absolute Gasteiger partial charge is 0.257 e. The fourth-order valence-electron chi connectivity index (χ4n) is 4.58. The second-order valence-corrected chi connectivity index (χ2v) is 8.30. The number of aromatic nitrogens is 2. The van der Waals surface area contributed by atoms with Gasteiger partial charge < -0.3 is 23.8 Å². The molecule has 8 nitrogen and oxygen atoms in total. The Labute approximate surface area is 189 Å². The molecule has 8 heteroatoms. The first-order valence-electron chi connectivity index (χ1n) is 11.4. The maximum Gasteiger partial charge on any atom is 0.257 e. The fraction of sp³-hybridized carbons (Fsp3) is 0.583. The average Bonchev–Trinajstić information content (AvgIpc) is 3.46. The molecule has 1 amide bonds. The van der Waals surface area contributed by atoms with Crippen molar-refractivity contribution in [2.75, 3.05) is 34.0 Å². The van der Waals surface area contributed by atoms with Crippen LogP contribution < -0.4 is 9.47 Å². The normalized spacial score (nSPS) is 21.0. The van der Waals surface area contributed by atoms with Crippen molar-refractivity contribution < 1.29 is 23.7 Å². The maximum atomic E-state index is 13.5. The average molecular weight is 444 g/mol. The van der Waals surface area contributed by atoms with E-state index in [1.807, 2.05) is 34.7 Å². The van der Waals surface area contributed by atoms with Crippen molar-refractivity contribution in [1.29, 1.82) is 0 Å². The van der Waals surface area contributed by atoms with E-state index in [-0.39, 0.29) is 18.2 Å². The molecule has 32 heavy (non-hydrogen) atoms. The van der Waals surface area contributed by atoms with E-state index in [4.69, 9.17) is 18.9 Å². The number of rotatable bonds is 8. The first kappa shape index (κ1) is 22.6. The number of ether oxygens (including phenoxy) is 4. The summed E-state index contributed by atoms with van der Waals surface area (Å²) in [5.74, 6) is 1.48. The number of hydrogen-bond donors (Lipinski definition) is 0. The van der Waals surface area contributed by atoms with Crippen LogP contribution in [0.5, 0.6) is 11.5 Å². The molecular formula is C24H33N3O5. The van der Waals surface area contributed by atoms with Crippen LogP contribution in [0.4, 0.5) is 0 Å². The van der Waals surface area contributed by atoms with Crippen molar-refractivity contribution in [3.05, 3.63) is 41.2 Å². The Bertz CT molecular complexity index is 922. The van der Waals surface area contributed by atoms with Gasteiger partial charge in [-0.2, -0.15) is 5.10 Å². The summed E-state index contributed by atoms with van der Waals surface area (Å²) in [5, 5.41) is 4.45. The van der Waals surface area contributed by atoms with Gasteiger partial charge in [-0.15, -0.1) is 0 Å². The van der Waals surface area contributed by atoms with Gasteiger partial charge in [0.1, 0.15) is 11.5 Å². The van der Waals surface area contributed by atoms with Crippen LogP contribution in [0.1, 0.15) is 59.8 Å². The van der Waals surface area contributed by atoms with Crippen LogP contribution >= 0.6 is 0 Å². The summed E-state index contributed by atoms with van der Waals surface area (Å²) in [4.78, 5) is 15.4. The number of hydrogen-bond acceptors (Lipinski definition) is 6. The lowest BCUT2D eigenvalue weighted by molar-refractivity contribution is -0.163. The van der Waals surface area contributed by atoms with Gasteiger partial charge >= 0.3 is 0 Å². The molecule has 2 atom stereocenters. The summed E-state index contributed by atoms with van der Waals surface area (Å²) in [6.45, 7) is 4.52. The van der Waals surface area contributed by atoms with E-state index in [1.165, 1.54) is 0 Å². The van der Waals surface area contributed by atoms with E-state index in [2.05, 4.69) is 5.10 Å². The van der Waals surface area contributed by atoms with E-state index in [1.54, 1.807) is 20.4 Å². The largest absolute Gasteiger partial charge is 0.497 e. The van der Waals surface area contributed by atoms with Gasteiger partial charge in [0.15, 0.2) is 6.29 Å². The first-order valence-corrected chi connectivity index (χ1v) is 11.4. The molecule has 2 aliphatic rings. The van der Waals surface area contributed by atoms with Crippen molar-refractivity contribution in [3.8, 4) is 11.5 Å². The molecule has 0 spiro atoms. The topological polar surface area (TPSA) is 75.1 Å². The van der Waals surface area contributed by atoms with Crippen LogP contribution in [0.25, 0.3) is 0 Å². The number of benzene rings is 1. The number of likely N-dealkylation sites (tertiary alicyclic amines) is 1. The molecule has 0 radical (unpaired) electrons. The molecule has 174 valence electrons. The fourth-order valence-corrected chi connectivity index (χ4v) is 4.58. The summed E-state index contributed by atoms with van der Waals surface area (Å²) < 4.78 is 24.2. The van der Waals surface area contributed by atoms with Crippen molar-refractivity contribution in [3.63, 3.8) is 0 Å². The SMILES string of the molecule is COc1ccc([C@@H]2CCCN2C(=O)c2cnn(CCO[C@H]3CCCCO3)c2C)c(OC)c1.